The Kier molecular flexibility index (Phi) is 33.4. The molecule has 1 aliphatic heterocycles. The number of rotatable bonds is 27. The molecule has 0 N–H and O–H groups in total. The number of halogens is 6. The molecule has 18 rings (SSSR count). The quantitative estimate of drug-likeness (QED) is 0.0115. The number of esters is 7. The van der Waals surface area contributed by atoms with Gasteiger partial charge in [0, 0.05) is 40.9 Å². The van der Waals surface area contributed by atoms with E-state index >= 15 is 0 Å². The zero-order chi connectivity index (χ0) is 97.6. The average Bonchev–Trinajstić information content (AvgIpc) is 1.61. The Morgan fingerprint density at radius 3 is 1.01 bits per heavy atom. The van der Waals surface area contributed by atoms with Crippen LogP contribution in [0, 0.1) is 58.7 Å². The largest absolute Gasteiger partial charge is 0.743 e. The third-order valence-corrected chi connectivity index (χ3v) is 33.5. The molecule has 8 saturated carbocycles. The summed E-state index contributed by atoms with van der Waals surface area (Å²) in [7, 11) is -17.9. The minimum Gasteiger partial charge on any atom is -0.743 e. The molecule has 135 heavy (non-hydrogen) atoms. The lowest BCUT2D eigenvalue weighted by atomic mass is 9.48. The van der Waals surface area contributed by atoms with Gasteiger partial charge in [0.1, 0.15) is 35.7 Å². The Hall–Kier alpha value is -11.2. The lowest BCUT2D eigenvalue weighted by molar-refractivity contribution is -0.212. The van der Waals surface area contributed by atoms with E-state index in [1.165, 1.54) is 64.8 Å². The molecule has 0 radical (unpaired) electrons. The molecule has 8 bridgehead atoms. The molecule has 9 fully saturated rings. The van der Waals surface area contributed by atoms with Crippen LogP contribution in [0.3, 0.4) is 0 Å². The van der Waals surface area contributed by atoms with Crippen molar-refractivity contribution in [3.8, 4) is 0 Å². The summed E-state index contributed by atoms with van der Waals surface area (Å²) in [6.45, 7) is 9.23. The van der Waals surface area contributed by atoms with Crippen LogP contribution in [-0.4, -0.2) is 140 Å². The predicted octanol–water partition coefficient (Wildman–Crippen LogP) is 17.6. The first-order valence-electron chi connectivity index (χ1n) is 42.9. The Labute approximate surface area is 788 Å². The highest BCUT2D eigenvalue weighted by molar-refractivity contribution is 7.97. The molecule has 35 heteroatoms. The van der Waals surface area contributed by atoms with Crippen LogP contribution >= 0.6 is 0 Å². The highest BCUT2D eigenvalue weighted by Gasteiger charge is 2.71. The maximum atomic E-state index is 13.3. The van der Waals surface area contributed by atoms with Gasteiger partial charge >= 0.3 is 57.5 Å². The molecule has 8 aliphatic carbocycles. The van der Waals surface area contributed by atoms with Gasteiger partial charge in [-0.05, 0) is 206 Å². The van der Waals surface area contributed by atoms with Crippen molar-refractivity contribution in [3.63, 3.8) is 0 Å². The van der Waals surface area contributed by atoms with E-state index in [2.05, 4.69) is 307 Å². The standard InChI is InChI=1S/3C18H15S.C17H22F2O7S.C15H16F2O9S.C14H18F2O7S/c3*1-4-10-16(11-5-1)19(17-12-6-2-7-13-17)18-14-8-3-9-15-18;1-10(2)13(20)26-16-6-11-3-12(7-16)5-15(4-11,8-16)14(21)25-9-17(18,19)27(22,23)24;1-5(2)12(18)25-11-6-3-7-9(11)14(20)26-10(7)8(6)13(19)24-4-15(16,17)27(21,22)23;1-7(2)12(17)23-11-5-8-3-9(11)10(4-8)13(18)22-6-14(15,16)24(19,20)21/h3*1-15H;11-12H,1,3-9H2,2H3,(H,22,23,24);6-11H,1,3-4H2,2H3,(H,21,22,23);8-11H,1,3-6H2,2H3,(H,19,20,21)/q3*+1;;;/p-3. The van der Waals surface area contributed by atoms with Crippen molar-refractivity contribution in [2.75, 3.05) is 19.8 Å². The van der Waals surface area contributed by atoms with E-state index in [4.69, 9.17) is 18.9 Å². The van der Waals surface area contributed by atoms with Crippen molar-refractivity contribution >= 4 is 105 Å². The molecular weight excluding hydrogens is 1880 g/mol. The van der Waals surface area contributed by atoms with E-state index in [0.717, 1.165) is 6.42 Å². The zero-order valence-electron chi connectivity index (χ0n) is 73.3. The number of hydrogen-bond acceptors (Lipinski definition) is 23. The summed E-state index contributed by atoms with van der Waals surface area (Å²) in [5.74, 6) is -9.85. The summed E-state index contributed by atoms with van der Waals surface area (Å²) in [6.07, 6.45) is 2.32. The van der Waals surface area contributed by atoms with Gasteiger partial charge < -0.3 is 46.8 Å². The molecule has 9 aromatic carbocycles. The lowest BCUT2D eigenvalue weighted by Gasteiger charge is -2.59. The van der Waals surface area contributed by atoms with E-state index in [9.17, 15) is 98.8 Å². The molecule has 9 aromatic rings. The van der Waals surface area contributed by atoms with E-state index in [-0.39, 0.29) is 85.9 Å². The molecular formula is C100H98F6O23S6. The first-order valence-corrected chi connectivity index (χ1v) is 50.8. The van der Waals surface area contributed by atoms with Crippen LogP contribution in [0.4, 0.5) is 26.3 Å². The van der Waals surface area contributed by atoms with E-state index in [1.807, 2.05) is 0 Å². The van der Waals surface area contributed by atoms with Gasteiger partial charge in [-0.2, -0.15) is 26.3 Å². The fourth-order valence-corrected chi connectivity index (χ4v) is 25.6. The smallest absolute Gasteiger partial charge is 0.367 e. The number of alkyl halides is 6. The highest BCUT2D eigenvalue weighted by Crippen LogP contribution is 2.64. The van der Waals surface area contributed by atoms with E-state index < -0.39 is 167 Å². The molecule has 23 nitrogen and oxygen atoms in total. The maximum Gasteiger partial charge on any atom is 0.367 e. The molecule has 714 valence electrons. The summed E-state index contributed by atoms with van der Waals surface area (Å²) in [6, 6.07) is 96.5. The van der Waals surface area contributed by atoms with Crippen LogP contribution in [0.15, 0.2) is 354 Å². The lowest BCUT2D eigenvalue weighted by Crippen LogP contribution is -2.60. The molecule has 12 atom stereocenters. The van der Waals surface area contributed by atoms with Crippen molar-refractivity contribution in [3.05, 3.63) is 309 Å². The third-order valence-electron chi connectivity index (χ3n) is 24.2. The van der Waals surface area contributed by atoms with Gasteiger partial charge in [-0.15, -0.1) is 0 Å². The Balaban J connectivity index is 0.000000147. The van der Waals surface area contributed by atoms with Crippen LogP contribution in [0.1, 0.15) is 85.0 Å². The summed E-state index contributed by atoms with van der Waals surface area (Å²) in [4.78, 5) is 96.6. The van der Waals surface area contributed by atoms with E-state index in [1.54, 1.807) is 0 Å². The van der Waals surface area contributed by atoms with Gasteiger partial charge in [-0.25, -0.2) is 39.6 Å². The van der Waals surface area contributed by atoms with Crippen molar-refractivity contribution in [1.29, 1.82) is 0 Å². The Morgan fingerprint density at radius 1 is 0.393 bits per heavy atom. The van der Waals surface area contributed by atoms with Gasteiger partial charge in [0.2, 0.25) is 0 Å². The summed E-state index contributed by atoms with van der Waals surface area (Å²) >= 11 is 0. The first-order chi connectivity index (χ1) is 63.9. The molecule has 0 aromatic heterocycles. The minimum atomic E-state index is -6.01. The molecule has 1 saturated heterocycles. The van der Waals surface area contributed by atoms with Crippen molar-refractivity contribution in [2.45, 2.75) is 169 Å². The van der Waals surface area contributed by atoms with Crippen LogP contribution < -0.4 is 0 Å². The maximum absolute atomic E-state index is 13.3. The molecule has 1 heterocycles. The molecule has 0 amide bonds. The summed E-state index contributed by atoms with van der Waals surface area (Å²) in [5, 5.41) is -14.2. The van der Waals surface area contributed by atoms with E-state index in [0.29, 0.717) is 44.9 Å². The second-order valence-corrected chi connectivity index (χ2v) is 44.7. The predicted molar refractivity (Wildman–Crippen MR) is 484 cm³/mol. The number of hydrogen-bond donors (Lipinski definition) is 0. The van der Waals surface area contributed by atoms with Crippen molar-refractivity contribution in [1.82, 2.24) is 0 Å². The third kappa shape index (κ3) is 25.2. The summed E-state index contributed by atoms with van der Waals surface area (Å²) in [5.41, 5.74) is -1.48. The number of carbonyl (C=O) groups is 7. The zero-order valence-corrected chi connectivity index (χ0v) is 78.2. The van der Waals surface area contributed by atoms with Crippen LogP contribution in [0.2, 0.25) is 0 Å². The van der Waals surface area contributed by atoms with Crippen molar-refractivity contribution in [2.24, 2.45) is 58.7 Å². The van der Waals surface area contributed by atoms with Crippen LogP contribution in [0.25, 0.3) is 0 Å². The molecule has 12 unspecified atom stereocenters. The van der Waals surface area contributed by atoms with Gasteiger partial charge in [0.25, 0.3) is 0 Å². The molecule has 0 spiro atoms. The Bertz CT molecular complexity index is 5480. The van der Waals surface area contributed by atoms with Crippen molar-refractivity contribution < 1.29 is 132 Å². The van der Waals surface area contributed by atoms with Crippen LogP contribution in [0.5, 0.6) is 0 Å². The topological polar surface area (TPSA) is 356 Å². The van der Waals surface area contributed by atoms with Gasteiger partial charge in [-0.1, -0.05) is 184 Å². The highest BCUT2D eigenvalue weighted by atomic mass is 32.2. The fraction of sp³-hybridized carbons (Fsp3) is 0.330. The second kappa shape index (κ2) is 43.9. The minimum absolute atomic E-state index is 0.0146. The normalized spacial score (nSPS) is 23.5. The fourth-order valence-electron chi connectivity index (χ4n) is 18.7. The van der Waals surface area contributed by atoms with Gasteiger partial charge in [-0.3, -0.25) is 19.2 Å². The second-order valence-electron chi connectivity index (χ2n) is 34.1. The molecule has 9 aliphatic rings. The number of ether oxygens (including phenoxy) is 7. The Morgan fingerprint density at radius 2 is 0.704 bits per heavy atom. The van der Waals surface area contributed by atoms with Gasteiger partial charge in [0.05, 0.1) is 44.0 Å². The SMILES string of the molecule is C=C(C)C(=O)OC12CC3CC(C1)CC(C(=O)OCC(F)(F)S(=O)(=O)[O-])(C3)C2.C=C(C)C(=O)OC1C2CC3C(OC(=O)C31)C2C(=O)OCC(F)(F)S(=O)(=O)[O-].C=C(C)C(=O)OC1CC2CC(C(=O)OCC(F)(F)S(=O)(=O)[O-])C1C2.c1ccc([S+](c2ccccc2)c2ccccc2)cc1.c1ccc([S+](c2ccccc2)c2ccccc2)cc1.c1ccc([S+](c2ccccc2)c2ccccc2)cc1. The summed E-state index contributed by atoms with van der Waals surface area (Å²) < 4.78 is 208. The van der Waals surface area contributed by atoms with Crippen LogP contribution in [-0.2, 0) is 130 Å². The first kappa shape index (κ1) is 103. The monoisotopic (exact) mass is 1970 g/mol. The number of benzene rings is 9. The average molecular weight is 1970 g/mol. The number of carbonyl (C=O) groups excluding carboxylic acids is 7. The number of fused-ring (bicyclic) bond motifs is 3. The van der Waals surface area contributed by atoms with Gasteiger partial charge in [0.15, 0.2) is 94.2 Å².